The molecular formula is C24H23F3N2O5. The molecule has 0 radical (unpaired) electrons. The lowest BCUT2D eigenvalue weighted by Gasteiger charge is -2.46. The first kappa shape index (κ1) is 23.6. The summed E-state index contributed by atoms with van der Waals surface area (Å²) in [5.41, 5.74) is 2.67. The van der Waals surface area contributed by atoms with Gasteiger partial charge in [0.1, 0.15) is 6.61 Å². The monoisotopic (exact) mass is 476 g/mol. The molecule has 1 atom stereocenters. The molecule has 2 aromatic carbocycles. The number of alkyl carbamates (subject to hydrolysis) is 1. The predicted octanol–water partition coefficient (Wildman–Crippen LogP) is 3.64. The van der Waals surface area contributed by atoms with Crippen LogP contribution in [-0.2, 0) is 14.3 Å². The van der Waals surface area contributed by atoms with Crippen LogP contribution in [0.2, 0.25) is 0 Å². The fourth-order valence-corrected chi connectivity index (χ4v) is 4.49. The Morgan fingerprint density at radius 1 is 1.09 bits per heavy atom. The van der Waals surface area contributed by atoms with Gasteiger partial charge in [0.05, 0.1) is 5.41 Å². The van der Waals surface area contributed by atoms with E-state index in [1.165, 1.54) is 6.92 Å². The second-order valence-corrected chi connectivity index (χ2v) is 8.86. The van der Waals surface area contributed by atoms with E-state index in [-0.39, 0.29) is 25.6 Å². The highest BCUT2D eigenvalue weighted by Gasteiger charge is 2.53. The summed E-state index contributed by atoms with van der Waals surface area (Å²) in [6.07, 6.45) is -5.98. The molecule has 7 nitrogen and oxygen atoms in total. The van der Waals surface area contributed by atoms with Crippen LogP contribution in [0.5, 0.6) is 0 Å². The average Bonchev–Trinajstić information content (AvgIpc) is 3.08. The van der Waals surface area contributed by atoms with Crippen LogP contribution in [0.4, 0.5) is 18.0 Å². The number of amides is 2. The third-order valence-electron chi connectivity index (χ3n) is 6.40. The van der Waals surface area contributed by atoms with Crippen molar-refractivity contribution in [2.24, 2.45) is 11.3 Å². The predicted molar refractivity (Wildman–Crippen MR) is 115 cm³/mol. The summed E-state index contributed by atoms with van der Waals surface area (Å²) in [5.74, 6) is -5.21. The van der Waals surface area contributed by atoms with E-state index in [0.717, 1.165) is 27.2 Å². The Kier molecular flexibility index (Phi) is 6.01. The highest BCUT2D eigenvalue weighted by atomic mass is 19.4. The Morgan fingerprint density at radius 3 is 2.12 bits per heavy atom. The minimum atomic E-state index is -4.91. The summed E-state index contributed by atoms with van der Waals surface area (Å²) >= 11 is 0. The van der Waals surface area contributed by atoms with E-state index in [1.807, 2.05) is 53.8 Å². The van der Waals surface area contributed by atoms with Crippen molar-refractivity contribution in [1.82, 2.24) is 10.2 Å². The van der Waals surface area contributed by atoms with E-state index in [2.05, 4.69) is 0 Å². The Bertz CT molecular complexity index is 1080. The van der Waals surface area contributed by atoms with Gasteiger partial charge in [-0.05, 0) is 29.2 Å². The van der Waals surface area contributed by atoms with E-state index >= 15 is 0 Å². The molecule has 1 heterocycles. The second kappa shape index (κ2) is 8.66. The first-order chi connectivity index (χ1) is 16.0. The number of carbonyl (C=O) groups excluding carboxylic acids is 2. The van der Waals surface area contributed by atoms with Crippen molar-refractivity contribution in [3.8, 4) is 11.1 Å². The molecule has 2 amide bonds. The topological polar surface area (TPSA) is 95.9 Å². The summed E-state index contributed by atoms with van der Waals surface area (Å²) in [7, 11) is 0. The number of carboxylic acid groups (broad SMARTS) is 1. The number of carbonyl (C=O) groups is 3. The lowest BCUT2D eigenvalue weighted by Crippen LogP contribution is -2.63. The van der Waals surface area contributed by atoms with Crippen molar-refractivity contribution in [3.05, 3.63) is 59.7 Å². The summed E-state index contributed by atoms with van der Waals surface area (Å²) < 4.78 is 45.7. The molecule has 2 aromatic rings. The Labute approximate surface area is 193 Å². The standard InChI is InChI=1S/C24H23F3N2O5/c1-23(21(31)32)12-29(13-23)20(30)19(24(25,26)27)10-28-22(33)34-11-18-16-8-4-2-6-14(16)15-7-3-5-9-17(15)18/h2-9,18-19H,10-13H2,1H3,(H,28,33)(H,31,32). The largest absolute Gasteiger partial charge is 0.481 e. The van der Waals surface area contributed by atoms with Crippen molar-refractivity contribution < 1.29 is 37.4 Å². The molecule has 0 spiro atoms. The average molecular weight is 476 g/mol. The summed E-state index contributed by atoms with van der Waals surface area (Å²) in [4.78, 5) is 36.6. The van der Waals surface area contributed by atoms with Crippen LogP contribution in [0.3, 0.4) is 0 Å². The van der Waals surface area contributed by atoms with E-state index in [9.17, 15) is 27.6 Å². The second-order valence-electron chi connectivity index (χ2n) is 8.86. The molecule has 0 saturated carbocycles. The number of halogens is 3. The number of nitrogens with one attached hydrogen (secondary N) is 1. The Morgan fingerprint density at radius 2 is 1.62 bits per heavy atom. The molecule has 4 rings (SSSR count). The van der Waals surface area contributed by atoms with Crippen LogP contribution in [0.1, 0.15) is 24.0 Å². The molecule has 2 aliphatic rings. The molecule has 180 valence electrons. The normalized spacial score (nSPS) is 17.2. The van der Waals surface area contributed by atoms with Crippen molar-refractivity contribution in [2.75, 3.05) is 26.2 Å². The summed E-state index contributed by atoms with van der Waals surface area (Å²) in [6, 6.07) is 15.3. The molecular weight excluding hydrogens is 453 g/mol. The van der Waals surface area contributed by atoms with Crippen LogP contribution in [-0.4, -0.2) is 60.4 Å². The van der Waals surface area contributed by atoms with Gasteiger partial charge in [-0.1, -0.05) is 48.5 Å². The number of aliphatic carboxylic acids is 1. The first-order valence-electron chi connectivity index (χ1n) is 10.7. The molecule has 1 unspecified atom stereocenters. The number of nitrogens with zero attached hydrogens (tertiary/aromatic N) is 1. The number of alkyl halides is 3. The Hall–Kier alpha value is -3.56. The van der Waals surface area contributed by atoms with Gasteiger partial charge in [-0.2, -0.15) is 13.2 Å². The fourth-order valence-electron chi connectivity index (χ4n) is 4.49. The number of benzene rings is 2. The number of carboxylic acids is 1. The SMILES string of the molecule is CC1(C(=O)O)CN(C(=O)C(CNC(=O)OCC2c3ccccc3-c3ccccc32)C(F)(F)F)C1. The summed E-state index contributed by atoms with van der Waals surface area (Å²) in [5, 5.41) is 11.1. The van der Waals surface area contributed by atoms with Gasteiger partial charge in [0.15, 0.2) is 5.92 Å². The minimum Gasteiger partial charge on any atom is -0.481 e. The fraction of sp³-hybridized carbons (Fsp3) is 0.375. The van der Waals surface area contributed by atoms with Crippen LogP contribution in [0.25, 0.3) is 11.1 Å². The third-order valence-corrected chi connectivity index (χ3v) is 6.40. The number of hydrogen-bond acceptors (Lipinski definition) is 4. The maximum absolute atomic E-state index is 13.5. The number of hydrogen-bond donors (Lipinski definition) is 2. The third kappa shape index (κ3) is 4.32. The van der Waals surface area contributed by atoms with Crippen LogP contribution < -0.4 is 5.32 Å². The molecule has 1 aliphatic heterocycles. The zero-order chi connectivity index (χ0) is 24.7. The number of fused-ring (bicyclic) bond motifs is 3. The minimum absolute atomic E-state index is 0.0758. The first-order valence-corrected chi connectivity index (χ1v) is 10.7. The molecule has 1 fully saturated rings. The maximum Gasteiger partial charge on any atom is 0.407 e. The van der Waals surface area contributed by atoms with E-state index in [1.54, 1.807) is 0 Å². The smallest absolute Gasteiger partial charge is 0.407 e. The van der Waals surface area contributed by atoms with E-state index < -0.39 is 42.0 Å². The molecule has 2 N–H and O–H groups in total. The molecule has 1 saturated heterocycles. The maximum atomic E-state index is 13.5. The summed E-state index contributed by atoms with van der Waals surface area (Å²) in [6.45, 7) is -0.360. The zero-order valence-corrected chi connectivity index (χ0v) is 18.3. The lowest BCUT2D eigenvalue weighted by atomic mass is 9.81. The molecule has 10 heteroatoms. The van der Waals surface area contributed by atoms with Crippen molar-refractivity contribution >= 4 is 18.0 Å². The van der Waals surface area contributed by atoms with Crippen molar-refractivity contribution in [1.29, 1.82) is 0 Å². The van der Waals surface area contributed by atoms with Crippen molar-refractivity contribution in [2.45, 2.75) is 19.0 Å². The van der Waals surface area contributed by atoms with Crippen molar-refractivity contribution in [3.63, 3.8) is 0 Å². The molecule has 0 aromatic heterocycles. The van der Waals surface area contributed by atoms with Crippen LogP contribution in [0.15, 0.2) is 48.5 Å². The van der Waals surface area contributed by atoms with Gasteiger partial charge in [0, 0.05) is 25.6 Å². The lowest BCUT2D eigenvalue weighted by molar-refractivity contribution is -0.195. The van der Waals surface area contributed by atoms with Gasteiger partial charge in [-0.25, -0.2) is 4.79 Å². The number of rotatable bonds is 6. The van der Waals surface area contributed by atoms with Crippen LogP contribution in [0, 0.1) is 11.3 Å². The van der Waals surface area contributed by atoms with Gasteiger partial charge in [-0.3, -0.25) is 9.59 Å². The van der Waals surface area contributed by atoms with E-state index in [4.69, 9.17) is 9.84 Å². The molecule has 1 aliphatic carbocycles. The Balaban J connectivity index is 1.36. The molecule has 34 heavy (non-hydrogen) atoms. The highest BCUT2D eigenvalue weighted by molar-refractivity contribution is 5.85. The number of ether oxygens (including phenoxy) is 1. The number of likely N-dealkylation sites (tertiary alicyclic amines) is 1. The van der Waals surface area contributed by atoms with Gasteiger partial charge in [-0.15, -0.1) is 0 Å². The van der Waals surface area contributed by atoms with Gasteiger partial charge in [0.2, 0.25) is 5.91 Å². The van der Waals surface area contributed by atoms with Gasteiger partial charge < -0.3 is 20.1 Å². The molecule has 0 bridgehead atoms. The quantitative estimate of drug-likeness (QED) is 0.664. The van der Waals surface area contributed by atoms with Gasteiger partial charge >= 0.3 is 18.2 Å². The van der Waals surface area contributed by atoms with Gasteiger partial charge in [0.25, 0.3) is 0 Å². The zero-order valence-electron chi connectivity index (χ0n) is 18.3. The van der Waals surface area contributed by atoms with Crippen LogP contribution >= 0.6 is 0 Å². The van der Waals surface area contributed by atoms with E-state index in [0.29, 0.717) is 0 Å². The highest BCUT2D eigenvalue weighted by Crippen LogP contribution is 2.44.